The topological polar surface area (TPSA) is 75.3 Å². The fourth-order valence-corrected chi connectivity index (χ4v) is 2.17. The van der Waals surface area contributed by atoms with Gasteiger partial charge in [-0.1, -0.05) is 40.2 Å². The highest BCUT2D eigenvalue weighted by Crippen LogP contribution is 2.12. The summed E-state index contributed by atoms with van der Waals surface area (Å²) in [5, 5.41) is 12.0. The highest BCUT2D eigenvalue weighted by Gasteiger charge is 2.13. The maximum atomic E-state index is 12.0. The molecule has 2 aromatic carbocycles. The first-order valence-corrected chi connectivity index (χ1v) is 7.39. The molecular weight excluding hydrogens is 332 g/mol. The number of rotatable bonds is 5. The average Bonchev–Trinajstić information content (AvgIpc) is 2.48. The molecule has 21 heavy (non-hydrogen) atoms. The smallest absolute Gasteiger partial charge is 0.237 e. The van der Waals surface area contributed by atoms with Crippen LogP contribution in [0.2, 0.25) is 0 Å². The van der Waals surface area contributed by atoms with Crippen LogP contribution in [0.15, 0.2) is 53.0 Å². The Labute approximate surface area is 132 Å². The third kappa shape index (κ3) is 4.88. The molecule has 0 aliphatic heterocycles. The van der Waals surface area contributed by atoms with E-state index in [0.29, 0.717) is 13.0 Å². The van der Waals surface area contributed by atoms with Crippen molar-refractivity contribution < 1.29 is 9.90 Å². The average molecular weight is 349 g/mol. The van der Waals surface area contributed by atoms with Gasteiger partial charge in [0.25, 0.3) is 0 Å². The largest absolute Gasteiger partial charge is 0.508 e. The Morgan fingerprint density at radius 2 is 1.67 bits per heavy atom. The molecule has 0 aromatic heterocycles. The lowest BCUT2D eigenvalue weighted by Crippen LogP contribution is -2.41. The van der Waals surface area contributed by atoms with Crippen molar-refractivity contribution in [1.29, 1.82) is 0 Å². The first-order chi connectivity index (χ1) is 10.0. The molecule has 110 valence electrons. The van der Waals surface area contributed by atoms with E-state index in [0.717, 1.165) is 15.6 Å². The van der Waals surface area contributed by atoms with Gasteiger partial charge in [0.2, 0.25) is 5.91 Å². The lowest BCUT2D eigenvalue weighted by molar-refractivity contribution is -0.122. The van der Waals surface area contributed by atoms with Gasteiger partial charge >= 0.3 is 0 Å². The second-order valence-corrected chi connectivity index (χ2v) is 5.74. The Bertz CT molecular complexity index is 597. The van der Waals surface area contributed by atoms with Crippen LogP contribution in [0, 0.1) is 0 Å². The fraction of sp³-hybridized carbons (Fsp3) is 0.188. The Balaban J connectivity index is 1.84. The SMILES string of the molecule is N[C@H](Cc1ccc(O)cc1)C(=O)NCc1ccc(Br)cc1. The summed E-state index contributed by atoms with van der Waals surface area (Å²) in [6.45, 7) is 0.454. The van der Waals surface area contributed by atoms with Crippen molar-refractivity contribution in [3.63, 3.8) is 0 Å². The standard InChI is InChI=1S/C16H17BrN2O2/c17-13-5-1-12(2-6-13)10-19-16(21)15(18)9-11-3-7-14(20)8-4-11/h1-8,15,20H,9-10,18H2,(H,19,21)/t15-/m1/s1. The number of phenolic OH excluding ortho intramolecular Hbond substituents is 1. The first-order valence-electron chi connectivity index (χ1n) is 6.60. The molecule has 0 aliphatic rings. The number of hydrogen-bond acceptors (Lipinski definition) is 3. The zero-order chi connectivity index (χ0) is 15.2. The van der Waals surface area contributed by atoms with Crippen molar-refractivity contribution >= 4 is 21.8 Å². The number of amides is 1. The van der Waals surface area contributed by atoms with Gasteiger partial charge in [0.15, 0.2) is 0 Å². The quantitative estimate of drug-likeness (QED) is 0.776. The molecule has 0 fully saturated rings. The molecule has 1 amide bonds. The van der Waals surface area contributed by atoms with Crippen LogP contribution in [0.1, 0.15) is 11.1 Å². The molecule has 1 atom stereocenters. The van der Waals surface area contributed by atoms with Crippen LogP contribution in [0.4, 0.5) is 0 Å². The molecule has 2 aromatic rings. The Hall–Kier alpha value is -1.85. The molecule has 4 N–H and O–H groups in total. The third-order valence-electron chi connectivity index (χ3n) is 3.11. The van der Waals surface area contributed by atoms with Crippen molar-refractivity contribution in [2.24, 2.45) is 5.73 Å². The first kappa shape index (κ1) is 15.5. The minimum atomic E-state index is -0.606. The number of carbonyl (C=O) groups excluding carboxylic acids is 1. The monoisotopic (exact) mass is 348 g/mol. The van der Waals surface area contributed by atoms with Crippen molar-refractivity contribution in [3.05, 3.63) is 64.1 Å². The van der Waals surface area contributed by atoms with Gasteiger partial charge in [-0.2, -0.15) is 0 Å². The number of nitrogens with two attached hydrogens (primary N) is 1. The lowest BCUT2D eigenvalue weighted by atomic mass is 10.1. The predicted molar refractivity (Wildman–Crippen MR) is 85.8 cm³/mol. The van der Waals surface area contributed by atoms with Crippen LogP contribution >= 0.6 is 15.9 Å². The van der Waals surface area contributed by atoms with Gasteiger partial charge in [0, 0.05) is 11.0 Å². The van der Waals surface area contributed by atoms with Crippen LogP contribution in [0.5, 0.6) is 5.75 Å². The highest BCUT2D eigenvalue weighted by atomic mass is 79.9. The molecule has 0 spiro atoms. The molecule has 0 aliphatic carbocycles. The maximum Gasteiger partial charge on any atom is 0.237 e. The number of aromatic hydroxyl groups is 1. The normalized spacial score (nSPS) is 11.9. The summed E-state index contributed by atoms with van der Waals surface area (Å²) in [6.07, 6.45) is 0.437. The minimum absolute atomic E-state index is 0.189. The number of halogens is 1. The molecule has 0 unspecified atom stereocenters. The van der Waals surface area contributed by atoms with Gasteiger partial charge in [-0.15, -0.1) is 0 Å². The Morgan fingerprint density at radius 1 is 1.10 bits per heavy atom. The molecule has 4 nitrogen and oxygen atoms in total. The summed E-state index contributed by atoms with van der Waals surface area (Å²) < 4.78 is 1.00. The summed E-state index contributed by atoms with van der Waals surface area (Å²) in [6, 6.07) is 13.8. The number of carbonyl (C=O) groups is 1. The molecule has 0 saturated carbocycles. The molecule has 0 radical (unpaired) electrons. The van der Waals surface area contributed by atoms with E-state index >= 15 is 0 Å². The van der Waals surface area contributed by atoms with Crippen molar-refractivity contribution in [1.82, 2.24) is 5.32 Å². The van der Waals surface area contributed by atoms with E-state index in [1.54, 1.807) is 24.3 Å². The number of benzene rings is 2. The van der Waals surface area contributed by atoms with Crippen molar-refractivity contribution in [2.45, 2.75) is 19.0 Å². The molecule has 0 heterocycles. The number of phenols is 1. The molecular formula is C16H17BrN2O2. The Kier molecular flexibility index (Phi) is 5.36. The van der Waals surface area contributed by atoms with Gasteiger partial charge in [0.05, 0.1) is 6.04 Å². The van der Waals surface area contributed by atoms with Gasteiger partial charge in [-0.25, -0.2) is 0 Å². The van der Waals surface area contributed by atoms with E-state index in [2.05, 4.69) is 21.2 Å². The second-order valence-electron chi connectivity index (χ2n) is 4.82. The minimum Gasteiger partial charge on any atom is -0.508 e. The van der Waals surface area contributed by atoms with Crippen LogP contribution < -0.4 is 11.1 Å². The zero-order valence-electron chi connectivity index (χ0n) is 11.4. The summed E-state index contributed by atoms with van der Waals surface area (Å²) in [4.78, 5) is 12.0. The molecule has 5 heteroatoms. The summed E-state index contributed by atoms with van der Waals surface area (Å²) >= 11 is 3.37. The van der Waals surface area contributed by atoms with Crippen LogP contribution in [-0.4, -0.2) is 17.1 Å². The van der Waals surface area contributed by atoms with E-state index in [1.807, 2.05) is 24.3 Å². The Morgan fingerprint density at radius 3 is 2.29 bits per heavy atom. The van der Waals surface area contributed by atoms with Gasteiger partial charge in [0.1, 0.15) is 5.75 Å². The van der Waals surface area contributed by atoms with E-state index in [4.69, 9.17) is 5.73 Å². The van der Waals surface area contributed by atoms with Crippen molar-refractivity contribution in [3.8, 4) is 5.75 Å². The summed E-state index contributed by atoms with van der Waals surface area (Å²) in [5.41, 5.74) is 7.83. The van der Waals surface area contributed by atoms with Gasteiger partial charge in [-0.05, 0) is 41.8 Å². The maximum absolute atomic E-state index is 12.0. The summed E-state index contributed by atoms with van der Waals surface area (Å²) in [5.74, 6) is 0.0120. The van der Waals surface area contributed by atoms with Crippen LogP contribution in [0.25, 0.3) is 0 Å². The predicted octanol–water partition coefficient (Wildman–Crippen LogP) is 2.34. The zero-order valence-corrected chi connectivity index (χ0v) is 13.0. The van der Waals surface area contributed by atoms with Gasteiger partial charge < -0.3 is 16.2 Å². The van der Waals surface area contributed by atoms with Crippen molar-refractivity contribution in [2.75, 3.05) is 0 Å². The highest BCUT2D eigenvalue weighted by molar-refractivity contribution is 9.10. The lowest BCUT2D eigenvalue weighted by Gasteiger charge is -2.12. The molecule has 0 bridgehead atoms. The summed E-state index contributed by atoms with van der Waals surface area (Å²) in [7, 11) is 0. The fourth-order valence-electron chi connectivity index (χ4n) is 1.90. The van der Waals surface area contributed by atoms with Gasteiger partial charge in [-0.3, -0.25) is 4.79 Å². The number of hydrogen-bond donors (Lipinski definition) is 3. The molecule has 2 rings (SSSR count). The second kappa shape index (κ2) is 7.24. The van der Waals surface area contributed by atoms with Crippen LogP contribution in [0.3, 0.4) is 0 Å². The van der Waals surface area contributed by atoms with E-state index < -0.39 is 6.04 Å². The van der Waals surface area contributed by atoms with E-state index in [1.165, 1.54) is 0 Å². The van der Waals surface area contributed by atoms with E-state index in [9.17, 15) is 9.90 Å². The molecule has 0 saturated heterocycles. The van der Waals surface area contributed by atoms with Crippen LogP contribution in [-0.2, 0) is 17.8 Å². The third-order valence-corrected chi connectivity index (χ3v) is 3.64. The number of nitrogens with one attached hydrogen (secondary N) is 1. The van der Waals surface area contributed by atoms with E-state index in [-0.39, 0.29) is 11.7 Å².